The van der Waals surface area contributed by atoms with Crippen LogP contribution >= 0.6 is 11.8 Å². The number of hydrogen-bond donors (Lipinski definition) is 1. The Bertz CT molecular complexity index is 422. The number of likely N-dealkylation sites (N-methyl/N-ethyl adjacent to an activating group) is 2. The lowest BCUT2D eigenvalue weighted by Gasteiger charge is -2.23. The largest absolute Gasteiger partial charge is 0.358 e. The van der Waals surface area contributed by atoms with Crippen LogP contribution in [-0.4, -0.2) is 43.2 Å². The van der Waals surface area contributed by atoms with E-state index in [4.69, 9.17) is 0 Å². The van der Waals surface area contributed by atoms with Crippen molar-refractivity contribution >= 4 is 17.7 Å². The van der Waals surface area contributed by atoms with E-state index in [-0.39, 0.29) is 5.91 Å². The fourth-order valence-corrected chi connectivity index (χ4v) is 3.52. The van der Waals surface area contributed by atoms with Crippen molar-refractivity contribution in [3.63, 3.8) is 0 Å². The van der Waals surface area contributed by atoms with Gasteiger partial charge in [-0.05, 0) is 18.2 Å². The number of rotatable bonds is 5. The quantitative estimate of drug-likeness (QED) is 0.882. The molecule has 18 heavy (non-hydrogen) atoms. The molecule has 1 aromatic rings. The highest BCUT2D eigenvalue weighted by Gasteiger charge is 2.24. The molecule has 1 heterocycles. The van der Waals surface area contributed by atoms with Gasteiger partial charge in [0.2, 0.25) is 5.91 Å². The molecule has 1 aliphatic heterocycles. The fraction of sp³-hybridized carbons (Fsp3) is 0.500. The molecule has 0 spiro atoms. The maximum atomic E-state index is 11.4. The van der Waals surface area contributed by atoms with E-state index in [0.29, 0.717) is 12.5 Å². The highest BCUT2D eigenvalue weighted by atomic mass is 32.2. The number of fused-ring (bicyclic) bond motifs is 1. The Hall–Kier alpha value is -1.00. The summed E-state index contributed by atoms with van der Waals surface area (Å²) in [4.78, 5) is 15.1. The molecule has 0 fully saturated rings. The highest BCUT2D eigenvalue weighted by Crippen LogP contribution is 2.39. The summed E-state index contributed by atoms with van der Waals surface area (Å²) >= 11 is 1.93. The van der Waals surface area contributed by atoms with Crippen molar-refractivity contribution in [1.82, 2.24) is 10.2 Å². The molecule has 2 rings (SSSR count). The van der Waals surface area contributed by atoms with Crippen molar-refractivity contribution in [2.45, 2.75) is 17.7 Å². The Labute approximate surface area is 113 Å². The van der Waals surface area contributed by atoms with Crippen molar-refractivity contribution in [2.24, 2.45) is 0 Å². The maximum absolute atomic E-state index is 11.4. The first-order valence-corrected chi connectivity index (χ1v) is 7.37. The summed E-state index contributed by atoms with van der Waals surface area (Å²) in [5, 5.41) is 2.69. The van der Waals surface area contributed by atoms with Gasteiger partial charge in [-0.2, -0.15) is 0 Å². The van der Waals surface area contributed by atoms with Gasteiger partial charge in [-0.25, -0.2) is 0 Å². The fourth-order valence-electron chi connectivity index (χ4n) is 2.28. The predicted molar refractivity (Wildman–Crippen MR) is 76.1 cm³/mol. The van der Waals surface area contributed by atoms with Crippen LogP contribution in [0.2, 0.25) is 0 Å². The molecule has 1 aromatic carbocycles. The minimum atomic E-state index is 0.0933. The molecule has 1 N–H and O–H groups in total. The molecule has 1 atom stereocenters. The lowest BCUT2D eigenvalue weighted by molar-refractivity contribution is -0.121. The molecule has 1 amide bonds. The first-order chi connectivity index (χ1) is 8.74. The number of thioether (sulfide) groups is 1. The van der Waals surface area contributed by atoms with Gasteiger partial charge in [0, 0.05) is 30.2 Å². The molecule has 0 bridgehead atoms. The second-order valence-electron chi connectivity index (χ2n) is 4.55. The van der Waals surface area contributed by atoms with Crippen LogP contribution in [0.25, 0.3) is 0 Å². The zero-order valence-electron chi connectivity index (χ0n) is 11.0. The molecule has 0 radical (unpaired) electrons. The van der Waals surface area contributed by atoms with Crippen molar-refractivity contribution in [1.29, 1.82) is 0 Å². The minimum Gasteiger partial charge on any atom is -0.358 e. The van der Waals surface area contributed by atoms with Gasteiger partial charge in [0.05, 0.1) is 6.54 Å². The molecular weight excluding hydrogens is 244 g/mol. The third-order valence-corrected chi connectivity index (χ3v) is 4.62. The summed E-state index contributed by atoms with van der Waals surface area (Å²) in [7, 11) is 1.69. The van der Waals surface area contributed by atoms with Crippen LogP contribution < -0.4 is 5.32 Å². The molecule has 98 valence electrons. The summed E-state index contributed by atoms with van der Waals surface area (Å²) in [5.74, 6) is 1.77. The number of hydrogen-bond acceptors (Lipinski definition) is 3. The summed E-state index contributed by atoms with van der Waals surface area (Å²) in [5.41, 5.74) is 1.44. The number of amides is 1. The standard InChI is InChI=1S/C14H20N2OS/c1-3-16(9-14(17)15-2)8-11-10-18-13-7-5-4-6-12(11)13/h4-7,11H,3,8-10H2,1-2H3,(H,15,17). The number of carbonyl (C=O) groups is 1. The summed E-state index contributed by atoms with van der Waals surface area (Å²) in [6.45, 7) is 4.48. The Morgan fingerprint density at radius 3 is 3.00 bits per heavy atom. The number of nitrogens with zero attached hydrogens (tertiary/aromatic N) is 1. The van der Waals surface area contributed by atoms with E-state index in [2.05, 4.69) is 41.4 Å². The summed E-state index contributed by atoms with van der Waals surface area (Å²) in [6.07, 6.45) is 0. The first kappa shape index (κ1) is 13.4. The number of nitrogens with one attached hydrogen (secondary N) is 1. The van der Waals surface area contributed by atoms with E-state index in [0.717, 1.165) is 18.8 Å². The smallest absolute Gasteiger partial charge is 0.233 e. The van der Waals surface area contributed by atoms with E-state index >= 15 is 0 Å². The lowest BCUT2D eigenvalue weighted by Crippen LogP contribution is -2.37. The Morgan fingerprint density at radius 2 is 2.28 bits per heavy atom. The zero-order valence-corrected chi connectivity index (χ0v) is 11.8. The molecule has 0 saturated heterocycles. The van der Waals surface area contributed by atoms with Gasteiger partial charge in [0.25, 0.3) is 0 Å². The van der Waals surface area contributed by atoms with Crippen LogP contribution in [0.4, 0.5) is 0 Å². The minimum absolute atomic E-state index is 0.0933. The van der Waals surface area contributed by atoms with Crippen LogP contribution in [0.5, 0.6) is 0 Å². The van der Waals surface area contributed by atoms with Gasteiger partial charge in [0.15, 0.2) is 0 Å². The molecule has 1 aliphatic rings. The summed E-state index contributed by atoms with van der Waals surface area (Å²) < 4.78 is 0. The Balaban J connectivity index is 1.99. The van der Waals surface area contributed by atoms with Crippen LogP contribution in [0.3, 0.4) is 0 Å². The van der Waals surface area contributed by atoms with E-state index in [9.17, 15) is 4.79 Å². The van der Waals surface area contributed by atoms with Gasteiger partial charge in [0.1, 0.15) is 0 Å². The summed E-state index contributed by atoms with van der Waals surface area (Å²) in [6, 6.07) is 8.60. The van der Waals surface area contributed by atoms with E-state index in [1.807, 2.05) is 11.8 Å². The van der Waals surface area contributed by atoms with Crippen LogP contribution in [0.15, 0.2) is 29.2 Å². The molecule has 1 unspecified atom stereocenters. The second-order valence-corrected chi connectivity index (χ2v) is 5.61. The van der Waals surface area contributed by atoms with Gasteiger partial charge < -0.3 is 5.32 Å². The third-order valence-electron chi connectivity index (χ3n) is 3.37. The number of benzene rings is 1. The first-order valence-electron chi connectivity index (χ1n) is 6.39. The van der Waals surface area contributed by atoms with Gasteiger partial charge in [-0.15, -0.1) is 11.8 Å². The van der Waals surface area contributed by atoms with E-state index in [1.165, 1.54) is 10.5 Å². The number of carbonyl (C=O) groups excluding carboxylic acids is 1. The van der Waals surface area contributed by atoms with Crippen LogP contribution in [0.1, 0.15) is 18.4 Å². The van der Waals surface area contributed by atoms with Gasteiger partial charge in [-0.1, -0.05) is 25.1 Å². The van der Waals surface area contributed by atoms with Crippen molar-refractivity contribution in [3.05, 3.63) is 29.8 Å². The molecular formula is C14H20N2OS. The van der Waals surface area contributed by atoms with Crippen LogP contribution in [0, 0.1) is 0 Å². The average molecular weight is 264 g/mol. The van der Waals surface area contributed by atoms with Crippen molar-refractivity contribution in [2.75, 3.05) is 32.4 Å². The van der Waals surface area contributed by atoms with Gasteiger partial charge in [-0.3, -0.25) is 9.69 Å². The Morgan fingerprint density at radius 1 is 1.50 bits per heavy atom. The molecule has 0 saturated carbocycles. The lowest BCUT2D eigenvalue weighted by atomic mass is 10.0. The molecule has 4 heteroatoms. The third kappa shape index (κ3) is 3.06. The van der Waals surface area contributed by atoms with Crippen molar-refractivity contribution < 1.29 is 4.79 Å². The van der Waals surface area contributed by atoms with Crippen molar-refractivity contribution in [3.8, 4) is 0 Å². The van der Waals surface area contributed by atoms with E-state index < -0.39 is 0 Å². The normalized spacial score (nSPS) is 17.8. The Kier molecular flexibility index (Phi) is 4.66. The predicted octanol–water partition coefficient (Wildman–Crippen LogP) is 1.94. The maximum Gasteiger partial charge on any atom is 0.233 e. The topological polar surface area (TPSA) is 32.3 Å². The molecule has 0 aliphatic carbocycles. The van der Waals surface area contributed by atoms with E-state index in [1.54, 1.807) is 7.05 Å². The molecule has 0 aromatic heterocycles. The monoisotopic (exact) mass is 264 g/mol. The highest BCUT2D eigenvalue weighted by molar-refractivity contribution is 7.99. The van der Waals surface area contributed by atoms with Crippen LogP contribution in [-0.2, 0) is 4.79 Å². The second kappa shape index (κ2) is 6.25. The zero-order chi connectivity index (χ0) is 13.0. The average Bonchev–Trinajstić information content (AvgIpc) is 2.81. The SMILES string of the molecule is CCN(CC(=O)NC)CC1CSc2ccccc21. The van der Waals surface area contributed by atoms with Gasteiger partial charge >= 0.3 is 0 Å². The molecule has 3 nitrogen and oxygen atoms in total.